The molecular weight excluding hydrogens is 282 g/mol. The van der Waals surface area contributed by atoms with Gasteiger partial charge < -0.3 is 24.9 Å². The van der Waals surface area contributed by atoms with E-state index in [1.165, 1.54) is 0 Å². The van der Waals surface area contributed by atoms with Crippen molar-refractivity contribution >= 4 is 5.96 Å². The number of ether oxygens (including phenoxy) is 1. The lowest BCUT2D eigenvalue weighted by atomic mass is 10.2. The monoisotopic (exact) mass is 311 g/mol. The van der Waals surface area contributed by atoms with Crippen molar-refractivity contribution in [3.05, 3.63) is 24.2 Å². The zero-order chi connectivity index (χ0) is 16.0. The maximum Gasteiger partial charge on any atom is 0.191 e. The van der Waals surface area contributed by atoms with Crippen LogP contribution in [0.4, 0.5) is 0 Å². The maximum absolute atomic E-state index is 9.31. The summed E-state index contributed by atoms with van der Waals surface area (Å²) in [5.74, 6) is 1.67. The van der Waals surface area contributed by atoms with Gasteiger partial charge in [0.1, 0.15) is 5.76 Å². The number of nitrogens with zero attached hydrogens (tertiary/aromatic N) is 1. The van der Waals surface area contributed by atoms with Crippen LogP contribution in [0.1, 0.15) is 32.4 Å². The Hall–Kier alpha value is -1.53. The van der Waals surface area contributed by atoms with Gasteiger partial charge in [-0.15, -0.1) is 0 Å². The fourth-order valence-corrected chi connectivity index (χ4v) is 1.88. The average Bonchev–Trinajstić information content (AvgIpc) is 3.05. The van der Waals surface area contributed by atoms with Crippen molar-refractivity contribution in [2.75, 3.05) is 32.9 Å². The van der Waals surface area contributed by atoms with Crippen LogP contribution < -0.4 is 10.6 Å². The van der Waals surface area contributed by atoms with Crippen LogP contribution in [-0.2, 0) is 11.2 Å². The molecule has 0 aliphatic rings. The predicted molar refractivity (Wildman–Crippen MR) is 88.1 cm³/mol. The van der Waals surface area contributed by atoms with E-state index in [0.717, 1.165) is 50.7 Å². The molecule has 1 rings (SSSR count). The molecule has 1 heterocycles. The summed E-state index contributed by atoms with van der Waals surface area (Å²) >= 11 is 0. The van der Waals surface area contributed by atoms with Crippen molar-refractivity contribution in [2.45, 2.75) is 39.2 Å². The van der Waals surface area contributed by atoms with Crippen LogP contribution in [0.25, 0.3) is 0 Å². The summed E-state index contributed by atoms with van der Waals surface area (Å²) in [6.07, 6.45) is 4.20. The van der Waals surface area contributed by atoms with E-state index in [0.29, 0.717) is 6.54 Å². The second kappa shape index (κ2) is 12.1. The van der Waals surface area contributed by atoms with E-state index >= 15 is 0 Å². The van der Waals surface area contributed by atoms with Gasteiger partial charge in [0.05, 0.1) is 18.9 Å². The lowest BCUT2D eigenvalue weighted by molar-refractivity contribution is 0.146. The Morgan fingerprint density at radius 1 is 1.45 bits per heavy atom. The van der Waals surface area contributed by atoms with Gasteiger partial charge in [-0.1, -0.05) is 6.92 Å². The van der Waals surface area contributed by atoms with Crippen molar-refractivity contribution in [1.29, 1.82) is 0 Å². The van der Waals surface area contributed by atoms with Crippen LogP contribution in [0, 0.1) is 0 Å². The fraction of sp³-hybridized carbons (Fsp3) is 0.688. The Balaban J connectivity index is 2.39. The minimum absolute atomic E-state index is 0.0155. The summed E-state index contributed by atoms with van der Waals surface area (Å²) in [4.78, 5) is 4.52. The van der Waals surface area contributed by atoms with Gasteiger partial charge in [-0.2, -0.15) is 0 Å². The van der Waals surface area contributed by atoms with E-state index in [1.54, 1.807) is 6.26 Å². The van der Waals surface area contributed by atoms with Crippen LogP contribution in [0.15, 0.2) is 27.8 Å². The number of furan rings is 1. The Morgan fingerprint density at radius 3 is 2.95 bits per heavy atom. The largest absolute Gasteiger partial charge is 0.469 e. The molecule has 1 atom stereocenters. The molecule has 0 saturated carbocycles. The Bertz CT molecular complexity index is 389. The van der Waals surface area contributed by atoms with Crippen molar-refractivity contribution < 1.29 is 14.3 Å². The molecule has 126 valence electrons. The lowest BCUT2D eigenvalue weighted by Crippen LogP contribution is -2.45. The molecule has 22 heavy (non-hydrogen) atoms. The maximum atomic E-state index is 9.31. The number of aliphatic imine (C=N–C) groups is 1. The highest BCUT2D eigenvalue weighted by Gasteiger charge is 2.07. The molecule has 1 aromatic rings. The first kappa shape index (κ1) is 18.5. The van der Waals surface area contributed by atoms with Gasteiger partial charge in [0, 0.05) is 32.7 Å². The van der Waals surface area contributed by atoms with Gasteiger partial charge in [0.25, 0.3) is 0 Å². The van der Waals surface area contributed by atoms with Gasteiger partial charge in [-0.05, 0) is 31.9 Å². The number of nitrogens with one attached hydrogen (secondary N) is 2. The lowest BCUT2D eigenvalue weighted by Gasteiger charge is -2.18. The summed E-state index contributed by atoms with van der Waals surface area (Å²) < 4.78 is 10.6. The van der Waals surface area contributed by atoms with E-state index in [-0.39, 0.29) is 12.6 Å². The first-order valence-electron chi connectivity index (χ1n) is 8.06. The highest BCUT2D eigenvalue weighted by molar-refractivity contribution is 5.80. The molecule has 1 aromatic heterocycles. The SMILES string of the molecule is CCOCCCN=C(NCCc1ccco1)N[C@H](CC)CO. The zero-order valence-electron chi connectivity index (χ0n) is 13.7. The fourth-order valence-electron chi connectivity index (χ4n) is 1.88. The quantitative estimate of drug-likeness (QED) is 0.328. The minimum atomic E-state index is 0.0155. The van der Waals surface area contributed by atoms with Crippen molar-refractivity contribution in [3.63, 3.8) is 0 Å². The van der Waals surface area contributed by atoms with Gasteiger partial charge in [0.15, 0.2) is 5.96 Å². The number of aliphatic hydroxyl groups is 1. The van der Waals surface area contributed by atoms with E-state index in [2.05, 4.69) is 15.6 Å². The zero-order valence-corrected chi connectivity index (χ0v) is 13.7. The van der Waals surface area contributed by atoms with Gasteiger partial charge in [-0.3, -0.25) is 4.99 Å². The Labute approximate surface area is 133 Å². The standard InChI is InChI=1S/C16H29N3O3/c1-3-14(13-20)19-16(17-9-6-11-21-4-2)18-10-8-15-7-5-12-22-15/h5,7,12,14,20H,3-4,6,8-11,13H2,1-2H3,(H2,17,18,19)/t14-/m1/s1. The molecule has 0 bridgehead atoms. The van der Waals surface area contributed by atoms with E-state index in [4.69, 9.17) is 9.15 Å². The molecule has 0 fully saturated rings. The highest BCUT2D eigenvalue weighted by Crippen LogP contribution is 1.99. The topological polar surface area (TPSA) is 79.0 Å². The molecule has 6 nitrogen and oxygen atoms in total. The summed E-state index contributed by atoms with van der Waals surface area (Å²) in [6, 6.07) is 3.85. The van der Waals surface area contributed by atoms with Gasteiger partial charge in [0.2, 0.25) is 0 Å². The summed E-state index contributed by atoms with van der Waals surface area (Å²) in [5.41, 5.74) is 0. The second-order valence-corrected chi connectivity index (χ2v) is 4.97. The van der Waals surface area contributed by atoms with Crippen molar-refractivity contribution in [1.82, 2.24) is 10.6 Å². The Morgan fingerprint density at radius 2 is 2.32 bits per heavy atom. The molecule has 0 aromatic carbocycles. The molecule has 0 spiro atoms. The van der Waals surface area contributed by atoms with E-state index < -0.39 is 0 Å². The molecule has 0 aliphatic heterocycles. The van der Waals surface area contributed by atoms with E-state index in [9.17, 15) is 5.11 Å². The van der Waals surface area contributed by atoms with Crippen molar-refractivity contribution in [3.8, 4) is 0 Å². The van der Waals surface area contributed by atoms with Gasteiger partial charge in [-0.25, -0.2) is 0 Å². The molecule has 0 aliphatic carbocycles. The number of hydrogen-bond donors (Lipinski definition) is 3. The highest BCUT2D eigenvalue weighted by atomic mass is 16.5. The third-order valence-corrected chi connectivity index (χ3v) is 3.22. The smallest absolute Gasteiger partial charge is 0.191 e. The molecule has 0 radical (unpaired) electrons. The van der Waals surface area contributed by atoms with Gasteiger partial charge >= 0.3 is 0 Å². The Kier molecular flexibility index (Phi) is 10.1. The first-order valence-corrected chi connectivity index (χ1v) is 8.06. The van der Waals surface area contributed by atoms with Crippen LogP contribution in [0.2, 0.25) is 0 Å². The molecule has 0 amide bonds. The van der Waals surface area contributed by atoms with Crippen LogP contribution in [-0.4, -0.2) is 50.0 Å². The number of guanidine groups is 1. The van der Waals surface area contributed by atoms with Crippen LogP contribution in [0.5, 0.6) is 0 Å². The van der Waals surface area contributed by atoms with Crippen LogP contribution in [0.3, 0.4) is 0 Å². The first-order chi connectivity index (χ1) is 10.8. The molecule has 3 N–H and O–H groups in total. The summed E-state index contributed by atoms with van der Waals surface area (Å²) in [7, 11) is 0. The predicted octanol–water partition coefficient (Wildman–Crippen LogP) is 1.55. The number of rotatable bonds is 11. The summed E-state index contributed by atoms with van der Waals surface area (Å²) in [5, 5.41) is 15.8. The van der Waals surface area contributed by atoms with Crippen LogP contribution >= 0.6 is 0 Å². The third kappa shape index (κ3) is 8.05. The van der Waals surface area contributed by atoms with E-state index in [1.807, 2.05) is 26.0 Å². The normalized spacial score (nSPS) is 13.1. The average molecular weight is 311 g/mol. The molecule has 6 heteroatoms. The molecule has 0 unspecified atom stereocenters. The third-order valence-electron chi connectivity index (χ3n) is 3.22. The number of hydrogen-bond acceptors (Lipinski definition) is 4. The summed E-state index contributed by atoms with van der Waals surface area (Å²) in [6.45, 7) is 6.98. The number of aliphatic hydroxyl groups excluding tert-OH is 1. The van der Waals surface area contributed by atoms with Crippen molar-refractivity contribution in [2.24, 2.45) is 4.99 Å². The molecular formula is C16H29N3O3. The molecule has 0 saturated heterocycles. The minimum Gasteiger partial charge on any atom is -0.469 e. The second-order valence-electron chi connectivity index (χ2n) is 4.97.